The lowest BCUT2D eigenvalue weighted by Crippen LogP contribution is -2.55. The zero-order valence-electron chi connectivity index (χ0n) is 18.2. The van der Waals surface area contributed by atoms with E-state index in [9.17, 15) is 29.1 Å². The number of rotatable bonds is 13. The molecule has 0 radical (unpaired) electrons. The minimum atomic E-state index is -1.23. The van der Waals surface area contributed by atoms with Gasteiger partial charge in [-0.1, -0.05) is 44.2 Å². The minimum Gasteiger partial charge on any atom is -0.480 e. The molecule has 4 amide bonds. The van der Waals surface area contributed by atoms with Crippen molar-refractivity contribution in [2.24, 2.45) is 17.4 Å². The van der Waals surface area contributed by atoms with Crippen molar-refractivity contribution in [2.45, 2.75) is 51.2 Å². The SMILES string of the molecule is CC(C)C(NC(=O)C(CCC(N)=O)NC(=O)CNC(=O)C(N)Cc1ccccc1)C(=O)O. The van der Waals surface area contributed by atoms with Crippen LogP contribution in [-0.4, -0.2) is 59.4 Å². The lowest BCUT2D eigenvalue weighted by molar-refractivity contribution is -0.143. The number of nitrogens with one attached hydrogen (secondary N) is 3. The van der Waals surface area contributed by atoms with Crippen LogP contribution in [0, 0.1) is 5.92 Å². The van der Waals surface area contributed by atoms with Crippen LogP contribution in [0.4, 0.5) is 0 Å². The molecule has 1 rings (SSSR count). The molecule has 0 saturated heterocycles. The first kappa shape index (κ1) is 26.6. The second kappa shape index (κ2) is 13.1. The Morgan fingerprint density at radius 3 is 2.16 bits per heavy atom. The van der Waals surface area contributed by atoms with Gasteiger partial charge in [-0.3, -0.25) is 19.2 Å². The Bertz CT molecular complexity index is 814. The summed E-state index contributed by atoms with van der Waals surface area (Å²) in [6, 6.07) is 5.87. The van der Waals surface area contributed by atoms with Crippen LogP contribution in [0.25, 0.3) is 0 Å². The molecule has 8 N–H and O–H groups in total. The molecule has 0 fully saturated rings. The molecule has 0 heterocycles. The fourth-order valence-corrected chi connectivity index (χ4v) is 2.83. The minimum absolute atomic E-state index is 0.126. The molecule has 0 bridgehead atoms. The summed E-state index contributed by atoms with van der Waals surface area (Å²) in [6.45, 7) is 2.78. The summed E-state index contributed by atoms with van der Waals surface area (Å²) in [5.74, 6) is -4.34. The standard InChI is InChI=1S/C21H31N5O6/c1-12(2)18(21(31)32)26-20(30)15(8-9-16(23)27)25-17(28)11-24-19(29)14(22)10-13-6-4-3-5-7-13/h3-7,12,14-15,18H,8-11,22H2,1-2H3,(H2,23,27)(H,24,29)(H,25,28)(H,26,30)(H,31,32). The maximum atomic E-state index is 12.5. The van der Waals surface area contributed by atoms with Crippen molar-refractivity contribution in [3.63, 3.8) is 0 Å². The van der Waals surface area contributed by atoms with Crippen LogP contribution in [0.3, 0.4) is 0 Å². The van der Waals surface area contributed by atoms with Gasteiger partial charge in [-0.2, -0.15) is 0 Å². The molecular weight excluding hydrogens is 418 g/mol. The quantitative estimate of drug-likeness (QED) is 0.214. The number of primary amides is 1. The summed E-state index contributed by atoms with van der Waals surface area (Å²) >= 11 is 0. The normalized spacial score (nSPS) is 13.5. The predicted molar refractivity (Wildman–Crippen MR) is 116 cm³/mol. The molecule has 1 aromatic carbocycles. The lowest BCUT2D eigenvalue weighted by Gasteiger charge is -2.23. The third-order valence-electron chi connectivity index (χ3n) is 4.62. The average molecular weight is 450 g/mol. The molecule has 0 aliphatic heterocycles. The lowest BCUT2D eigenvalue weighted by atomic mass is 10.0. The zero-order valence-corrected chi connectivity index (χ0v) is 18.2. The van der Waals surface area contributed by atoms with Crippen LogP contribution in [0.1, 0.15) is 32.3 Å². The molecular formula is C21H31N5O6. The molecule has 0 aromatic heterocycles. The molecule has 3 atom stereocenters. The van der Waals surface area contributed by atoms with Gasteiger partial charge in [0.05, 0.1) is 12.6 Å². The summed E-state index contributed by atoms with van der Waals surface area (Å²) in [4.78, 5) is 59.4. The molecule has 0 spiro atoms. The molecule has 1 aromatic rings. The highest BCUT2D eigenvalue weighted by molar-refractivity contribution is 5.92. The number of hydrogen-bond donors (Lipinski definition) is 6. The molecule has 0 saturated carbocycles. The summed E-state index contributed by atoms with van der Waals surface area (Å²) in [7, 11) is 0. The Labute approximate surface area is 186 Å². The van der Waals surface area contributed by atoms with Crippen LogP contribution in [0.5, 0.6) is 0 Å². The summed E-state index contributed by atoms with van der Waals surface area (Å²) < 4.78 is 0. The van der Waals surface area contributed by atoms with Crippen molar-refractivity contribution in [2.75, 3.05) is 6.54 Å². The average Bonchev–Trinajstić information content (AvgIpc) is 2.72. The number of benzene rings is 1. The molecule has 3 unspecified atom stereocenters. The van der Waals surface area contributed by atoms with E-state index in [4.69, 9.17) is 11.5 Å². The van der Waals surface area contributed by atoms with Crippen molar-refractivity contribution < 1.29 is 29.1 Å². The van der Waals surface area contributed by atoms with Gasteiger partial charge in [0.1, 0.15) is 12.1 Å². The molecule has 0 aliphatic carbocycles. The van der Waals surface area contributed by atoms with Crippen LogP contribution in [0.15, 0.2) is 30.3 Å². The fourth-order valence-electron chi connectivity index (χ4n) is 2.83. The highest BCUT2D eigenvalue weighted by Gasteiger charge is 2.28. The largest absolute Gasteiger partial charge is 0.480 e. The van der Waals surface area contributed by atoms with E-state index in [0.29, 0.717) is 0 Å². The Balaban J connectivity index is 2.66. The smallest absolute Gasteiger partial charge is 0.326 e. The maximum Gasteiger partial charge on any atom is 0.326 e. The Kier molecular flexibility index (Phi) is 10.8. The predicted octanol–water partition coefficient (Wildman–Crippen LogP) is -1.35. The van der Waals surface area contributed by atoms with Gasteiger partial charge in [-0.15, -0.1) is 0 Å². The van der Waals surface area contributed by atoms with Crippen molar-refractivity contribution in [3.05, 3.63) is 35.9 Å². The zero-order chi connectivity index (χ0) is 24.3. The number of amides is 4. The number of carbonyl (C=O) groups is 5. The molecule has 32 heavy (non-hydrogen) atoms. The van der Waals surface area contributed by atoms with Crippen molar-refractivity contribution >= 4 is 29.6 Å². The van der Waals surface area contributed by atoms with E-state index < -0.39 is 60.2 Å². The monoisotopic (exact) mass is 449 g/mol. The summed E-state index contributed by atoms with van der Waals surface area (Å²) in [6.07, 6.45) is -0.0470. The third kappa shape index (κ3) is 9.56. The molecule has 11 nitrogen and oxygen atoms in total. The highest BCUT2D eigenvalue weighted by Crippen LogP contribution is 2.05. The van der Waals surface area contributed by atoms with Gasteiger partial charge in [0.15, 0.2) is 0 Å². The van der Waals surface area contributed by atoms with E-state index in [1.807, 2.05) is 30.3 Å². The number of nitrogens with two attached hydrogens (primary N) is 2. The number of aliphatic carboxylic acids is 1. The van der Waals surface area contributed by atoms with Crippen LogP contribution in [-0.2, 0) is 30.4 Å². The Morgan fingerprint density at radius 1 is 1.00 bits per heavy atom. The second-order valence-electron chi connectivity index (χ2n) is 7.71. The van der Waals surface area contributed by atoms with Gasteiger partial charge in [-0.25, -0.2) is 4.79 Å². The van der Waals surface area contributed by atoms with E-state index in [1.54, 1.807) is 13.8 Å². The highest BCUT2D eigenvalue weighted by atomic mass is 16.4. The van der Waals surface area contributed by atoms with E-state index in [1.165, 1.54) is 0 Å². The number of carboxylic acids is 1. The van der Waals surface area contributed by atoms with E-state index in [0.717, 1.165) is 5.56 Å². The molecule has 176 valence electrons. The molecule has 11 heteroatoms. The van der Waals surface area contributed by atoms with Gasteiger partial charge in [-0.05, 0) is 24.3 Å². The second-order valence-corrected chi connectivity index (χ2v) is 7.71. The van der Waals surface area contributed by atoms with Gasteiger partial charge in [0.2, 0.25) is 23.6 Å². The number of carbonyl (C=O) groups excluding carboxylic acids is 4. The fraction of sp³-hybridized carbons (Fsp3) is 0.476. The Morgan fingerprint density at radius 2 is 1.62 bits per heavy atom. The number of carboxylic acid groups (broad SMARTS) is 1. The van der Waals surface area contributed by atoms with Gasteiger partial charge in [0.25, 0.3) is 0 Å². The first-order valence-corrected chi connectivity index (χ1v) is 10.2. The van der Waals surface area contributed by atoms with E-state index in [-0.39, 0.29) is 19.3 Å². The number of hydrogen-bond acceptors (Lipinski definition) is 6. The van der Waals surface area contributed by atoms with Crippen LogP contribution in [0.2, 0.25) is 0 Å². The van der Waals surface area contributed by atoms with E-state index >= 15 is 0 Å². The van der Waals surface area contributed by atoms with Crippen molar-refractivity contribution in [1.29, 1.82) is 0 Å². The maximum absolute atomic E-state index is 12.5. The van der Waals surface area contributed by atoms with Crippen molar-refractivity contribution in [3.8, 4) is 0 Å². The van der Waals surface area contributed by atoms with Gasteiger partial charge < -0.3 is 32.5 Å². The summed E-state index contributed by atoms with van der Waals surface area (Å²) in [5, 5.41) is 16.4. The Hall–Kier alpha value is -3.47. The van der Waals surface area contributed by atoms with Crippen LogP contribution < -0.4 is 27.4 Å². The third-order valence-corrected chi connectivity index (χ3v) is 4.62. The van der Waals surface area contributed by atoms with Crippen LogP contribution >= 0.6 is 0 Å². The van der Waals surface area contributed by atoms with E-state index in [2.05, 4.69) is 16.0 Å². The van der Waals surface area contributed by atoms with Gasteiger partial charge in [0, 0.05) is 6.42 Å². The van der Waals surface area contributed by atoms with Crippen molar-refractivity contribution in [1.82, 2.24) is 16.0 Å². The topological polar surface area (TPSA) is 194 Å². The molecule has 0 aliphatic rings. The summed E-state index contributed by atoms with van der Waals surface area (Å²) in [5.41, 5.74) is 11.8. The first-order chi connectivity index (χ1) is 15.0. The first-order valence-electron chi connectivity index (χ1n) is 10.2. The van der Waals surface area contributed by atoms with Gasteiger partial charge >= 0.3 is 5.97 Å².